The van der Waals surface area contributed by atoms with Gasteiger partial charge in [-0.15, -0.1) is 0 Å². The highest BCUT2D eigenvalue weighted by atomic mass is 16.5. The van der Waals surface area contributed by atoms with Gasteiger partial charge in [-0.25, -0.2) is 4.79 Å². The number of carboxylic acids is 1. The van der Waals surface area contributed by atoms with Gasteiger partial charge in [0.05, 0.1) is 12.2 Å². The SMILES string of the molecule is Cc1oc(CNC(=O)c2cc(C(C)C)no2)cc1C(=O)O. The number of rotatable bonds is 5. The van der Waals surface area contributed by atoms with Gasteiger partial charge in [-0.3, -0.25) is 4.79 Å². The summed E-state index contributed by atoms with van der Waals surface area (Å²) in [4.78, 5) is 22.8. The van der Waals surface area contributed by atoms with Crippen LogP contribution in [0.15, 0.2) is 21.1 Å². The first kappa shape index (κ1) is 14.8. The Labute approximate surface area is 120 Å². The maximum Gasteiger partial charge on any atom is 0.339 e. The number of furan rings is 1. The quantitative estimate of drug-likeness (QED) is 0.876. The van der Waals surface area contributed by atoms with Gasteiger partial charge in [-0.2, -0.15) is 0 Å². The molecule has 0 radical (unpaired) electrons. The van der Waals surface area contributed by atoms with E-state index < -0.39 is 11.9 Å². The summed E-state index contributed by atoms with van der Waals surface area (Å²) >= 11 is 0. The summed E-state index contributed by atoms with van der Waals surface area (Å²) in [6.45, 7) is 5.52. The van der Waals surface area contributed by atoms with Crippen LogP contribution in [0.4, 0.5) is 0 Å². The van der Waals surface area contributed by atoms with E-state index in [2.05, 4.69) is 10.5 Å². The lowest BCUT2D eigenvalue weighted by Gasteiger charge is -1.99. The van der Waals surface area contributed by atoms with Crippen LogP contribution < -0.4 is 5.32 Å². The van der Waals surface area contributed by atoms with E-state index in [4.69, 9.17) is 14.0 Å². The summed E-state index contributed by atoms with van der Waals surface area (Å²) in [6.07, 6.45) is 0. The number of carbonyl (C=O) groups excluding carboxylic acids is 1. The van der Waals surface area contributed by atoms with Crippen molar-refractivity contribution in [3.05, 3.63) is 40.7 Å². The second-order valence-corrected chi connectivity index (χ2v) is 4.94. The van der Waals surface area contributed by atoms with Crippen molar-refractivity contribution in [2.45, 2.75) is 33.2 Å². The highest BCUT2D eigenvalue weighted by Crippen LogP contribution is 2.16. The second kappa shape index (κ2) is 5.82. The number of aryl methyl sites for hydroxylation is 1. The van der Waals surface area contributed by atoms with E-state index in [0.29, 0.717) is 17.2 Å². The first-order valence-electron chi connectivity index (χ1n) is 6.46. The molecular formula is C14H16N2O5. The molecule has 0 saturated carbocycles. The molecule has 0 saturated heterocycles. The molecule has 0 aliphatic carbocycles. The van der Waals surface area contributed by atoms with E-state index in [-0.39, 0.29) is 23.8 Å². The average Bonchev–Trinajstić information content (AvgIpc) is 3.02. The lowest BCUT2D eigenvalue weighted by atomic mass is 10.1. The second-order valence-electron chi connectivity index (χ2n) is 4.94. The van der Waals surface area contributed by atoms with Crippen molar-refractivity contribution < 1.29 is 23.6 Å². The zero-order valence-electron chi connectivity index (χ0n) is 12.0. The van der Waals surface area contributed by atoms with Crippen molar-refractivity contribution in [1.29, 1.82) is 0 Å². The van der Waals surface area contributed by atoms with Crippen LogP contribution >= 0.6 is 0 Å². The Hall–Kier alpha value is -2.57. The summed E-state index contributed by atoms with van der Waals surface area (Å²) in [5.41, 5.74) is 0.781. The number of nitrogens with zero attached hydrogens (tertiary/aromatic N) is 1. The molecule has 2 N–H and O–H groups in total. The van der Waals surface area contributed by atoms with Gasteiger partial charge in [0.2, 0.25) is 5.76 Å². The molecule has 0 spiro atoms. The fourth-order valence-corrected chi connectivity index (χ4v) is 1.77. The monoisotopic (exact) mass is 292 g/mol. The summed E-state index contributed by atoms with van der Waals surface area (Å²) in [7, 11) is 0. The zero-order valence-corrected chi connectivity index (χ0v) is 12.0. The predicted molar refractivity (Wildman–Crippen MR) is 72.2 cm³/mol. The van der Waals surface area contributed by atoms with Gasteiger partial charge in [0, 0.05) is 6.07 Å². The Bertz CT molecular complexity index is 669. The van der Waals surface area contributed by atoms with Crippen LogP contribution in [0.25, 0.3) is 0 Å². The maximum atomic E-state index is 11.9. The molecular weight excluding hydrogens is 276 g/mol. The minimum Gasteiger partial charge on any atom is -0.478 e. The molecule has 0 atom stereocenters. The van der Waals surface area contributed by atoms with E-state index in [1.165, 1.54) is 6.07 Å². The Balaban J connectivity index is 2.00. The predicted octanol–water partition coefficient (Wildman–Crippen LogP) is 2.33. The minimum atomic E-state index is -1.06. The largest absolute Gasteiger partial charge is 0.478 e. The fraction of sp³-hybridized carbons (Fsp3) is 0.357. The first-order chi connectivity index (χ1) is 9.88. The fourth-order valence-electron chi connectivity index (χ4n) is 1.77. The lowest BCUT2D eigenvalue weighted by molar-refractivity contribution is 0.0694. The number of carboxylic acid groups (broad SMARTS) is 1. The van der Waals surface area contributed by atoms with Crippen LogP contribution in [0.2, 0.25) is 0 Å². The minimum absolute atomic E-state index is 0.0741. The Morgan fingerprint density at radius 3 is 2.62 bits per heavy atom. The van der Waals surface area contributed by atoms with E-state index in [9.17, 15) is 9.59 Å². The number of aromatic nitrogens is 1. The standard InChI is InChI=1S/C14H16N2O5/c1-7(2)11-5-12(21-16-11)13(17)15-6-9-4-10(14(18)19)8(3)20-9/h4-5,7H,6H2,1-3H3,(H,15,17)(H,18,19). The Morgan fingerprint density at radius 1 is 1.38 bits per heavy atom. The van der Waals surface area contributed by atoms with Crippen LogP contribution in [0, 0.1) is 6.92 Å². The van der Waals surface area contributed by atoms with E-state index in [1.54, 1.807) is 13.0 Å². The molecule has 1 amide bonds. The van der Waals surface area contributed by atoms with Crippen molar-refractivity contribution in [2.75, 3.05) is 0 Å². The Morgan fingerprint density at radius 2 is 2.10 bits per heavy atom. The molecule has 2 aromatic rings. The maximum absolute atomic E-state index is 11.9. The summed E-state index contributed by atoms with van der Waals surface area (Å²) in [5.74, 6) is -0.553. The van der Waals surface area contributed by atoms with Crippen molar-refractivity contribution >= 4 is 11.9 Å². The number of aromatic carboxylic acids is 1. The van der Waals surface area contributed by atoms with E-state index >= 15 is 0 Å². The third-order valence-electron chi connectivity index (χ3n) is 2.97. The molecule has 112 valence electrons. The van der Waals surface area contributed by atoms with E-state index in [1.807, 2.05) is 13.8 Å². The molecule has 0 fully saturated rings. The normalized spacial score (nSPS) is 10.9. The molecule has 2 heterocycles. The number of hydrogen-bond acceptors (Lipinski definition) is 5. The van der Waals surface area contributed by atoms with Crippen LogP contribution in [-0.4, -0.2) is 22.1 Å². The Kier molecular flexibility index (Phi) is 4.11. The zero-order chi connectivity index (χ0) is 15.6. The smallest absolute Gasteiger partial charge is 0.339 e. The molecule has 21 heavy (non-hydrogen) atoms. The third-order valence-corrected chi connectivity index (χ3v) is 2.97. The van der Waals surface area contributed by atoms with Crippen LogP contribution in [0.3, 0.4) is 0 Å². The van der Waals surface area contributed by atoms with Crippen molar-refractivity contribution in [1.82, 2.24) is 10.5 Å². The third kappa shape index (κ3) is 3.31. The van der Waals surface area contributed by atoms with Gasteiger partial charge in [0.15, 0.2) is 0 Å². The lowest BCUT2D eigenvalue weighted by Crippen LogP contribution is -2.22. The van der Waals surface area contributed by atoms with Crippen molar-refractivity contribution in [2.24, 2.45) is 0 Å². The molecule has 0 aromatic carbocycles. The van der Waals surface area contributed by atoms with Crippen molar-refractivity contribution in [3.8, 4) is 0 Å². The molecule has 0 aliphatic rings. The van der Waals surface area contributed by atoms with Gasteiger partial charge in [-0.05, 0) is 18.9 Å². The molecule has 2 aromatic heterocycles. The molecule has 7 nitrogen and oxygen atoms in total. The van der Waals surface area contributed by atoms with Gasteiger partial charge in [-0.1, -0.05) is 19.0 Å². The summed E-state index contributed by atoms with van der Waals surface area (Å²) < 4.78 is 10.2. The highest BCUT2D eigenvalue weighted by Gasteiger charge is 2.17. The van der Waals surface area contributed by atoms with Crippen LogP contribution in [0.5, 0.6) is 0 Å². The highest BCUT2D eigenvalue weighted by molar-refractivity contribution is 5.91. The molecule has 0 bridgehead atoms. The van der Waals surface area contributed by atoms with Gasteiger partial charge >= 0.3 is 5.97 Å². The van der Waals surface area contributed by atoms with Gasteiger partial charge in [0.1, 0.15) is 17.1 Å². The summed E-state index contributed by atoms with van der Waals surface area (Å²) in [5, 5.41) is 15.3. The van der Waals surface area contributed by atoms with Crippen molar-refractivity contribution in [3.63, 3.8) is 0 Å². The average molecular weight is 292 g/mol. The molecule has 7 heteroatoms. The van der Waals surface area contributed by atoms with Crippen LogP contribution in [-0.2, 0) is 6.54 Å². The summed E-state index contributed by atoms with van der Waals surface area (Å²) in [6, 6.07) is 2.97. The number of carbonyl (C=O) groups is 2. The molecule has 2 rings (SSSR count). The molecule has 0 aliphatic heterocycles. The first-order valence-corrected chi connectivity index (χ1v) is 6.46. The van der Waals surface area contributed by atoms with Gasteiger partial charge in [0.25, 0.3) is 5.91 Å². The van der Waals surface area contributed by atoms with Crippen LogP contribution in [0.1, 0.15) is 57.9 Å². The number of hydrogen-bond donors (Lipinski definition) is 2. The molecule has 0 unspecified atom stereocenters. The van der Waals surface area contributed by atoms with E-state index in [0.717, 1.165) is 0 Å². The topological polar surface area (TPSA) is 106 Å². The number of nitrogens with one attached hydrogen (secondary N) is 1. The van der Waals surface area contributed by atoms with Gasteiger partial charge < -0.3 is 19.4 Å². The number of amides is 1.